The van der Waals surface area contributed by atoms with Gasteiger partial charge >= 0.3 is 5.97 Å². The second kappa shape index (κ2) is 5.13. The molecule has 0 fully saturated rings. The Balaban J connectivity index is 2.07. The standard InChI is InChI=1S/C10H13N5O2S/c1-6-11-8(14-13-6)4-15(2)10-12-7(5-18-10)9(16)17-3/h5H,4H2,1-3H3,(H,11,13,14). The van der Waals surface area contributed by atoms with Gasteiger partial charge in [-0.05, 0) is 6.92 Å². The molecule has 0 aliphatic rings. The van der Waals surface area contributed by atoms with Crippen LogP contribution in [0.1, 0.15) is 22.1 Å². The topological polar surface area (TPSA) is 84.0 Å². The molecule has 2 rings (SSSR count). The number of esters is 1. The molecular weight excluding hydrogens is 254 g/mol. The van der Waals surface area contributed by atoms with Crippen LogP contribution in [0.5, 0.6) is 0 Å². The summed E-state index contributed by atoms with van der Waals surface area (Å²) in [5.41, 5.74) is 0.315. The molecule has 2 aromatic rings. The lowest BCUT2D eigenvalue weighted by atomic mass is 10.5. The number of hydrogen-bond donors (Lipinski definition) is 1. The van der Waals surface area contributed by atoms with E-state index in [0.717, 1.165) is 11.0 Å². The number of nitrogens with zero attached hydrogens (tertiary/aromatic N) is 4. The second-order valence-electron chi connectivity index (χ2n) is 3.70. The Hall–Kier alpha value is -1.96. The van der Waals surface area contributed by atoms with Crippen molar-refractivity contribution in [2.45, 2.75) is 13.5 Å². The van der Waals surface area contributed by atoms with Crippen molar-refractivity contribution in [1.82, 2.24) is 20.2 Å². The summed E-state index contributed by atoms with van der Waals surface area (Å²) in [6, 6.07) is 0. The predicted molar refractivity (Wildman–Crippen MR) is 66.7 cm³/mol. The number of ether oxygens (including phenoxy) is 1. The van der Waals surface area contributed by atoms with E-state index in [4.69, 9.17) is 0 Å². The van der Waals surface area contributed by atoms with Crippen molar-refractivity contribution in [3.63, 3.8) is 0 Å². The molecule has 2 heterocycles. The van der Waals surface area contributed by atoms with E-state index in [1.807, 2.05) is 18.9 Å². The summed E-state index contributed by atoms with van der Waals surface area (Å²) in [5.74, 6) is 1.03. The van der Waals surface area contributed by atoms with Crippen LogP contribution in [0.15, 0.2) is 5.38 Å². The van der Waals surface area contributed by atoms with Crippen LogP contribution >= 0.6 is 11.3 Å². The number of anilines is 1. The van der Waals surface area contributed by atoms with E-state index >= 15 is 0 Å². The number of nitrogens with one attached hydrogen (secondary N) is 1. The Kier molecular flexibility index (Phi) is 3.56. The lowest BCUT2D eigenvalue weighted by molar-refractivity contribution is 0.0595. The molecule has 0 radical (unpaired) electrons. The van der Waals surface area contributed by atoms with Gasteiger partial charge in [-0.2, -0.15) is 5.10 Å². The first-order valence-corrected chi connectivity index (χ1v) is 6.11. The van der Waals surface area contributed by atoms with Crippen LogP contribution in [0, 0.1) is 6.92 Å². The Labute approximate surface area is 108 Å². The molecule has 1 N–H and O–H groups in total. The molecule has 0 saturated heterocycles. The molecule has 0 amide bonds. The third-order valence-corrected chi connectivity index (χ3v) is 3.19. The van der Waals surface area contributed by atoms with E-state index in [-0.39, 0.29) is 0 Å². The van der Waals surface area contributed by atoms with E-state index in [9.17, 15) is 4.79 Å². The number of aryl methyl sites for hydroxylation is 1. The van der Waals surface area contributed by atoms with Crippen molar-refractivity contribution in [2.75, 3.05) is 19.1 Å². The quantitative estimate of drug-likeness (QED) is 0.832. The Morgan fingerprint density at radius 2 is 2.33 bits per heavy atom. The van der Waals surface area contributed by atoms with Crippen molar-refractivity contribution < 1.29 is 9.53 Å². The molecule has 0 unspecified atom stereocenters. The van der Waals surface area contributed by atoms with Gasteiger partial charge in [0.2, 0.25) is 0 Å². The van der Waals surface area contributed by atoms with Gasteiger partial charge in [-0.15, -0.1) is 11.3 Å². The minimum absolute atomic E-state index is 0.315. The highest BCUT2D eigenvalue weighted by atomic mass is 32.1. The van der Waals surface area contributed by atoms with Gasteiger partial charge in [0.1, 0.15) is 5.82 Å². The van der Waals surface area contributed by atoms with Gasteiger partial charge < -0.3 is 9.64 Å². The van der Waals surface area contributed by atoms with Crippen LogP contribution < -0.4 is 4.90 Å². The molecule has 0 aliphatic heterocycles. The minimum Gasteiger partial charge on any atom is -0.464 e. The molecule has 0 saturated carbocycles. The van der Waals surface area contributed by atoms with Crippen LogP contribution in [-0.2, 0) is 11.3 Å². The number of H-pyrrole nitrogens is 1. The molecule has 0 spiro atoms. The summed E-state index contributed by atoms with van der Waals surface area (Å²) >= 11 is 1.38. The monoisotopic (exact) mass is 267 g/mol. The molecule has 2 aromatic heterocycles. The summed E-state index contributed by atoms with van der Waals surface area (Å²) < 4.78 is 4.61. The van der Waals surface area contributed by atoms with Gasteiger partial charge in [-0.3, -0.25) is 5.10 Å². The molecule has 18 heavy (non-hydrogen) atoms. The molecule has 0 aliphatic carbocycles. The lowest BCUT2D eigenvalue weighted by Crippen LogP contribution is -2.17. The fourth-order valence-electron chi connectivity index (χ4n) is 1.38. The number of carbonyl (C=O) groups is 1. The third-order valence-electron chi connectivity index (χ3n) is 2.24. The normalized spacial score (nSPS) is 10.4. The first-order chi connectivity index (χ1) is 8.60. The van der Waals surface area contributed by atoms with Gasteiger partial charge in [0.05, 0.1) is 13.7 Å². The SMILES string of the molecule is COC(=O)c1csc(N(C)Cc2n[nH]c(C)n2)n1. The van der Waals surface area contributed by atoms with Gasteiger partial charge in [0, 0.05) is 12.4 Å². The van der Waals surface area contributed by atoms with Crippen LogP contribution in [0.2, 0.25) is 0 Å². The first kappa shape index (κ1) is 12.5. The Morgan fingerprint density at radius 1 is 1.56 bits per heavy atom. The molecule has 0 aromatic carbocycles. The highest BCUT2D eigenvalue weighted by Crippen LogP contribution is 2.20. The van der Waals surface area contributed by atoms with Crippen molar-refractivity contribution in [1.29, 1.82) is 0 Å². The number of rotatable bonds is 4. The molecule has 8 heteroatoms. The van der Waals surface area contributed by atoms with E-state index in [2.05, 4.69) is 24.9 Å². The molecular formula is C10H13N5O2S. The lowest BCUT2D eigenvalue weighted by Gasteiger charge is -2.12. The van der Waals surface area contributed by atoms with E-state index < -0.39 is 5.97 Å². The number of hydrogen-bond acceptors (Lipinski definition) is 7. The maximum atomic E-state index is 11.3. The van der Waals surface area contributed by atoms with Gasteiger partial charge in [-0.25, -0.2) is 14.8 Å². The summed E-state index contributed by atoms with van der Waals surface area (Å²) in [5, 5.41) is 9.21. The first-order valence-electron chi connectivity index (χ1n) is 5.23. The fraction of sp³-hybridized carbons (Fsp3) is 0.400. The number of aromatic amines is 1. The number of thiazole rings is 1. The average molecular weight is 267 g/mol. The number of aromatic nitrogens is 4. The van der Waals surface area contributed by atoms with Crippen molar-refractivity contribution in [3.8, 4) is 0 Å². The van der Waals surface area contributed by atoms with Crippen LogP contribution in [0.4, 0.5) is 5.13 Å². The van der Waals surface area contributed by atoms with E-state index in [1.165, 1.54) is 18.4 Å². The van der Waals surface area contributed by atoms with E-state index in [1.54, 1.807) is 5.38 Å². The Bertz CT molecular complexity index is 550. The number of methoxy groups -OCH3 is 1. The zero-order valence-corrected chi connectivity index (χ0v) is 11.1. The average Bonchev–Trinajstić information content (AvgIpc) is 2.97. The smallest absolute Gasteiger partial charge is 0.357 e. The summed E-state index contributed by atoms with van der Waals surface area (Å²) in [6.07, 6.45) is 0. The van der Waals surface area contributed by atoms with Crippen molar-refractivity contribution in [2.24, 2.45) is 0 Å². The zero-order chi connectivity index (χ0) is 13.1. The molecule has 96 valence electrons. The van der Waals surface area contributed by atoms with Gasteiger partial charge in [0.25, 0.3) is 0 Å². The summed E-state index contributed by atoms with van der Waals surface area (Å²) in [7, 11) is 3.20. The maximum absolute atomic E-state index is 11.3. The maximum Gasteiger partial charge on any atom is 0.357 e. The van der Waals surface area contributed by atoms with Gasteiger partial charge in [-0.1, -0.05) is 0 Å². The van der Waals surface area contributed by atoms with Crippen LogP contribution in [-0.4, -0.2) is 40.3 Å². The fourth-order valence-corrected chi connectivity index (χ4v) is 2.14. The zero-order valence-electron chi connectivity index (χ0n) is 10.3. The minimum atomic E-state index is -0.431. The van der Waals surface area contributed by atoms with E-state index in [0.29, 0.717) is 18.1 Å². The predicted octanol–water partition coefficient (Wildman–Crippen LogP) is 0.993. The van der Waals surface area contributed by atoms with Crippen molar-refractivity contribution in [3.05, 3.63) is 22.7 Å². The van der Waals surface area contributed by atoms with Crippen LogP contribution in [0.25, 0.3) is 0 Å². The van der Waals surface area contributed by atoms with Gasteiger partial charge in [0.15, 0.2) is 16.6 Å². The molecule has 0 bridgehead atoms. The Morgan fingerprint density at radius 3 is 2.94 bits per heavy atom. The molecule has 7 nitrogen and oxygen atoms in total. The highest BCUT2D eigenvalue weighted by molar-refractivity contribution is 7.13. The molecule has 0 atom stereocenters. The third kappa shape index (κ3) is 2.65. The summed E-state index contributed by atoms with van der Waals surface area (Å²) in [4.78, 5) is 21.6. The second-order valence-corrected chi connectivity index (χ2v) is 4.54. The largest absolute Gasteiger partial charge is 0.464 e. The van der Waals surface area contributed by atoms with Crippen LogP contribution in [0.3, 0.4) is 0 Å². The highest BCUT2D eigenvalue weighted by Gasteiger charge is 2.14. The van der Waals surface area contributed by atoms with Crippen molar-refractivity contribution >= 4 is 22.4 Å². The number of carbonyl (C=O) groups excluding carboxylic acids is 1. The summed E-state index contributed by atoms with van der Waals surface area (Å²) in [6.45, 7) is 2.37.